The topological polar surface area (TPSA) is 89.1 Å². The fourth-order valence-electron chi connectivity index (χ4n) is 1.48. The highest BCUT2D eigenvalue weighted by Crippen LogP contribution is 2.19. The second-order valence-electron chi connectivity index (χ2n) is 4.25. The van der Waals surface area contributed by atoms with Crippen molar-refractivity contribution < 1.29 is 9.90 Å². The molecular weight excluding hydrogens is 250 g/mol. The zero-order valence-corrected chi connectivity index (χ0v) is 11.5. The highest BCUT2D eigenvalue weighted by Gasteiger charge is 2.30. The summed E-state index contributed by atoms with van der Waals surface area (Å²) < 4.78 is 0. The lowest BCUT2D eigenvalue weighted by Gasteiger charge is -2.22. The fraction of sp³-hybridized carbons (Fsp3) is 0.583. The van der Waals surface area contributed by atoms with Gasteiger partial charge < -0.3 is 10.8 Å². The average Bonchev–Trinajstić information content (AvgIpc) is 2.34. The van der Waals surface area contributed by atoms with Crippen LogP contribution in [0.1, 0.15) is 31.9 Å². The van der Waals surface area contributed by atoms with Gasteiger partial charge in [-0.3, -0.25) is 4.79 Å². The monoisotopic (exact) mass is 269 g/mol. The lowest BCUT2D eigenvalue weighted by Crippen LogP contribution is -2.47. The minimum Gasteiger partial charge on any atom is -0.480 e. The van der Waals surface area contributed by atoms with Crippen molar-refractivity contribution in [2.45, 2.75) is 43.8 Å². The van der Waals surface area contributed by atoms with Crippen LogP contribution >= 0.6 is 11.8 Å². The number of aliphatic carboxylic acids is 1. The summed E-state index contributed by atoms with van der Waals surface area (Å²) in [4.78, 5) is 19.4. The van der Waals surface area contributed by atoms with Crippen molar-refractivity contribution in [2.75, 3.05) is 5.75 Å². The molecule has 3 N–H and O–H groups in total. The molecule has 1 aromatic rings. The molecule has 0 fully saturated rings. The second kappa shape index (κ2) is 6.70. The molecule has 0 aliphatic rings. The number of carboxylic acid groups (broad SMARTS) is 1. The van der Waals surface area contributed by atoms with E-state index in [2.05, 4.69) is 9.97 Å². The van der Waals surface area contributed by atoms with Crippen molar-refractivity contribution >= 4 is 17.7 Å². The summed E-state index contributed by atoms with van der Waals surface area (Å²) in [6.45, 7) is 3.71. The molecule has 0 spiro atoms. The number of carboxylic acids is 1. The normalized spacial score (nSPS) is 14.2. The molecule has 0 aliphatic carbocycles. The van der Waals surface area contributed by atoms with E-state index in [0.717, 1.165) is 23.0 Å². The van der Waals surface area contributed by atoms with Crippen LogP contribution in [-0.2, 0) is 4.79 Å². The molecule has 0 aromatic carbocycles. The molecule has 1 unspecified atom stereocenters. The van der Waals surface area contributed by atoms with Gasteiger partial charge in [-0.15, -0.1) is 0 Å². The summed E-state index contributed by atoms with van der Waals surface area (Å²) in [5, 5.41) is 9.76. The lowest BCUT2D eigenvalue weighted by atomic mass is 9.92. The van der Waals surface area contributed by atoms with E-state index < -0.39 is 11.5 Å². The van der Waals surface area contributed by atoms with E-state index in [1.165, 1.54) is 11.8 Å². The van der Waals surface area contributed by atoms with Gasteiger partial charge in [0, 0.05) is 17.6 Å². The fourth-order valence-corrected chi connectivity index (χ4v) is 2.30. The zero-order valence-electron chi connectivity index (χ0n) is 10.7. The van der Waals surface area contributed by atoms with E-state index in [9.17, 15) is 4.79 Å². The van der Waals surface area contributed by atoms with Crippen LogP contribution in [0.3, 0.4) is 0 Å². The van der Waals surface area contributed by atoms with Gasteiger partial charge >= 0.3 is 5.97 Å². The minimum atomic E-state index is -1.10. The van der Waals surface area contributed by atoms with Gasteiger partial charge in [0.05, 0.1) is 0 Å². The largest absolute Gasteiger partial charge is 0.480 e. The molecule has 0 radical (unpaired) electrons. The number of thioether (sulfide) groups is 1. The first-order chi connectivity index (χ1) is 8.48. The number of rotatable bonds is 7. The molecule has 0 saturated heterocycles. The van der Waals surface area contributed by atoms with E-state index in [4.69, 9.17) is 10.8 Å². The Balaban J connectivity index is 2.37. The predicted molar refractivity (Wildman–Crippen MR) is 71.6 cm³/mol. The molecule has 1 heterocycles. The van der Waals surface area contributed by atoms with Crippen LogP contribution in [0.15, 0.2) is 17.4 Å². The van der Waals surface area contributed by atoms with Crippen LogP contribution in [-0.4, -0.2) is 32.3 Å². The van der Waals surface area contributed by atoms with Crippen LogP contribution in [0, 0.1) is 6.92 Å². The lowest BCUT2D eigenvalue weighted by molar-refractivity contribution is -0.143. The van der Waals surface area contributed by atoms with Crippen molar-refractivity contribution in [3.8, 4) is 0 Å². The van der Waals surface area contributed by atoms with Crippen LogP contribution in [0.5, 0.6) is 0 Å². The highest BCUT2D eigenvalue weighted by atomic mass is 32.2. The van der Waals surface area contributed by atoms with Crippen molar-refractivity contribution in [1.82, 2.24) is 9.97 Å². The van der Waals surface area contributed by atoms with Gasteiger partial charge in [-0.1, -0.05) is 18.7 Å². The molecule has 0 aliphatic heterocycles. The van der Waals surface area contributed by atoms with Crippen LogP contribution in [0.4, 0.5) is 0 Å². The van der Waals surface area contributed by atoms with Gasteiger partial charge in [0.1, 0.15) is 5.54 Å². The van der Waals surface area contributed by atoms with E-state index in [-0.39, 0.29) is 0 Å². The van der Waals surface area contributed by atoms with Crippen molar-refractivity contribution in [3.05, 3.63) is 18.0 Å². The molecule has 1 atom stereocenters. The standard InChI is InChI=1S/C12H19N3O2S/c1-3-12(13,10(16)17)6-4-8-18-11-14-7-5-9(2)15-11/h5,7H,3-4,6,8,13H2,1-2H3,(H,16,17). The quantitative estimate of drug-likeness (QED) is 0.446. The molecular formula is C12H19N3O2S. The molecule has 0 amide bonds. The first-order valence-corrected chi connectivity index (χ1v) is 6.91. The Hall–Kier alpha value is -1.14. The number of aryl methyl sites for hydroxylation is 1. The maximum Gasteiger partial charge on any atom is 0.323 e. The highest BCUT2D eigenvalue weighted by molar-refractivity contribution is 7.99. The molecule has 0 bridgehead atoms. The summed E-state index contributed by atoms with van der Waals surface area (Å²) in [5.74, 6) is -0.155. The third-order valence-corrected chi connectivity index (χ3v) is 3.78. The van der Waals surface area contributed by atoms with Crippen molar-refractivity contribution in [2.24, 2.45) is 5.73 Å². The Labute approximate surface area is 111 Å². The first kappa shape index (κ1) is 14.9. The van der Waals surface area contributed by atoms with Crippen molar-refractivity contribution in [3.63, 3.8) is 0 Å². The van der Waals surface area contributed by atoms with Gasteiger partial charge in [-0.2, -0.15) is 0 Å². The van der Waals surface area contributed by atoms with Gasteiger partial charge in [-0.25, -0.2) is 9.97 Å². The Morgan fingerprint density at radius 1 is 1.61 bits per heavy atom. The van der Waals surface area contributed by atoms with Gasteiger partial charge in [0.15, 0.2) is 5.16 Å². The number of hydrogen-bond acceptors (Lipinski definition) is 5. The van der Waals surface area contributed by atoms with Gasteiger partial charge in [-0.05, 0) is 32.3 Å². The zero-order chi connectivity index (χ0) is 13.6. The SMILES string of the molecule is CCC(N)(CCCSc1nccc(C)n1)C(=O)O. The Morgan fingerprint density at radius 2 is 2.33 bits per heavy atom. The Bertz CT molecular complexity index is 414. The Morgan fingerprint density at radius 3 is 2.89 bits per heavy atom. The minimum absolute atomic E-state index is 0.438. The summed E-state index contributed by atoms with van der Waals surface area (Å²) in [6.07, 6.45) is 3.37. The molecule has 5 nitrogen and oxygen atoms in total. The summed E-state index contributed by atoms with van der Waals surface area (Å²) in [6, 6.07) is 1.84. The molecule has 100 valence electrons. The third-order valence-electron chi connectivity index (χ3n) is 2.83. The van der Waals surface area contributed by atoms with E-state index in [1.54, 1.807) is 13.1 Å². The Kier molecular flexibility index (Phi) is 5.55. The number of nitrogens with two attached hydrogens (primary N) is 1. The number of hydrogen-bond donors (Lipinski definition) is 2. The molecule has 18 heavy (non-hydrogen) atoms. The molecule has 6 heteroatoms. The van der Waals surface area contributed by atoms with E-state index in [0.29, 0.717) is 12.8 Å². The average molecular weight is 269 g/mol. The smallest absolute Gasteiger partial charge is 0.323 e. The van der Waals surface area contributed by atoms with E-state index in [1.807, 2.05) is 13.0 Å². The third kappa shape index (κ3) is 4.27. The molecule has 1 rings (SSSR count). The van der Waals surface area contributed by atoms with E-state index >= 15 is 0 Å². The predicted octanol–water partition coefficient (Wildman–Crippen LogP) is 1.85. The maximum atomic E-state index is 11.0. The first-order valence-electron chi connectivity index (χ1n) is 5.92. The van der Waals surface area contributed by atoms with Crippen LogP contribution in [0.25, 0.3) is 0 Å². The van der Waals surface area contributed by atoms with Crippen LogP contribution in [0.2, 0.25) is 0 Å². The second-order valence-corrected chi connectivity index (χ2v) is 5.31. The van der Waals surface area contributed by atoms with Crippen molar-refractivity contribution in [1.29, 1.82) is 0 Å². The summed E-state index contributed by atoms with van der Waals surface area (Å²) >= 11 is 1.53. The number of carbonyl (C=O) groups is 1. The maximum absolute atomic E-state index is 11.0. The number of aromatic nitrogens is 2. The van der Waals surface area contributed by atoms with Gasteiger partial charge in [0.2, 0.25) is 0 Å². The molecule has 0 saturated carbocycles. The summed E-state index contributed by atoms with van der Waals surface area (Å²) in [5.41, 5.74) is 5.63. The van der Waals surface area contributed by atoms with Crippen LogP contribution < -0.4 is 5.73 Å². The number of nitrogens with zero attached hydrogens (tertiary/aromatic N) is 2. The summed E-state index contributed by atoms with van der Waals surface area (Å²) in [7, 11) is 0. The molecule has 1 aromatic heterocycles. The van der Waals surface area contributed by atoms with Gasteiger partial charge in [0.25, 0.3) is 0 Å².